The molecule has 1 nitrogen and oxygen atoms in total. The third kappa shape index (κ3) is 1.92. The summed E-state index contributed by atoms with van der Waals surface area (Å²) in [4.78, 5) is 10.7. The Labute approximate surface area is 68.5 Å². The molecule has 1 rings (SSSR count). The Hall–Kier alpha value is -0.590. The van der Waals surface area contributed by atoms with Gasteiger partial charge in [0.25, 0.3) is 0 Å². The molecule has 0 saturated heterocycles. The average molecular weight is 152 g/mol. The Bertz CT molecular complexity index is 168. The van der Waals surface area contributed by atoms with Gasteiger partial charge in [-0.25, -0.2) is 0 Å². The molecule has 0 aliphatic heterocycles. The first-order chi connectivity index (χ1) is 5.17. The summed E-state index contributed by atoms with van der Waals surface area (Å²) in [5, 5.41) is 0. The van der Waals surface area contributed by atoms with Crippen LogP contribution >= 0.6 is 0 Å². The van der Waals surface area contributed by atoms with Crippen molar-refractivity contribution in [2.24, 2.45) is 11.3 Å². The maximum atomic E-state index is 10.7. The molecule has 62 valence electrons. The Morgan fingerprint density at radius 2 is 2.18 bits per heavy atom. The molecule has 1 aliphatic rings. The lowest BCUT2D eigenvalue weighted by molar-refractivity contribution is -0.117. The molecule has 0 bridgehead atoms. The number of carbonyl (C=O) groups is 1. The first-order valence-electron chi connectivity index (χ1n) is 4.28. The van der Waals surface area contributed by atoms with Gasteiger partial charge in [0.15, 0.2) is 0 Å². The van der Waals surface area contributed by atoms with Gasteiger partial charge < -0.3 is 4.79 Å². The van der Waals surface area contributed by atoms with Gasteiger partial charge in [0.05, 0.1) is 0 Å². The molecule has 1 unspecified atom stereocenters. The van der Waals surface area contributed by atoms with Crippen molar-refractivity contribution < 1.29 is 4.79 Å². The van der Waals surface area contributed by atoms with Gasteiger partial charge in [0.2, 0.25) is 0 Å². The highest BCUT2D eigenvalue weighted by Gasteiger charge is 2.28. The van der Waals surface area contributed by atoms with E-state index < -0.39 is 0 Å². The maximum Gasteiger partial charge on any atom is 0.125 e. The van der Waals surface area contributed by atoms with Crippen LogP contribution in [0.4, 0.5) is 0 Å². The Kier molecular flexibility index (Phi) is 2.48. The lowest BCUT2D eigenvalue weighted by atomic mass is 9.74. The summed E-state index contributed by atoms with van der Waals surface area (Å²) < 4.78 is 0. The maximum absolute atomic E-state index is 10.7. The van der Waals surface area contributed by atoms with Gasteiger partial charge in [-0.1, -0.05) is 26.0 Å². The zero-order chi connectivity index (χ0) is 8.32. The van der Waals surface area contributed by atoms with Crippen molar-refractivity contribution in [1.82, 2.24) is 0 Å². The molecule has 0 aromatic carbocycles. The highest BCUT2D eigenvalue weighted by molar-refractivity contribution is 5.58. The van der Waals surface area contributed by atoms with E-state index in [1.165, 1.54) is 6.42 Å². The fourth-order valence-corrected chi connectivity index (χ4v) is 1.57. The second kappa shape index (κ2) is 3.21. The molecule has 0 amide bonds. The van der Waals surface area contributed by atoms with Crippen LogP contribution in [0.2, 0.25) is 0 Å². The second-order valence-corrected chi connectivity index (χ2v) is 3.92. The number of allylic oxidation sites excluding steroid dienone is 2. The summed E-state index contributed by atoms with van der Waals surface area (Å²) in [6.07, 6.45) is 8.88. The number of carbonyl (C=O) groups excluding carboxylic acids is 1. The van der Waals surface area contributed by atoms with Gasteiger partial charge in [0.1, 0.15) is 6.29 Å². The zero-order valence-corrected chi connectivity index (χ0v) is 7.34. The van der Waals surface area contributed by atoms with E-state index in [0.717, 1.165) is 19.1 Å². The van der Waals surface area contributed by atoms with Crippen LogP contribution in [0.1, 0.15) is 33.1 Å². The summed E-state index contributed by atoms with van der Waals surface area (Å²) in [6.45, 7) is 4.06. The van der Waals surface area contributed by atoms with E-state index in [2.05, 4.69) is 12.2 Å². The van der Waals surface area contributed by atoms with E-state index in [1.54, 1.807) is 0 Å². The fraction of sp³-hybridized carbons (Fsp3) is 0.700. The molecule has 0 saturated carbocycles. The van der Waals surface area contributed by atoms with Gasteiger partial charge >= 0.3 is 0 Å². The van der Waals surface area contributed by atoms with Gasteiger partial charge in [-0.2, -0.15) is 0 Å². The molecule has 0 heterocycles. The zero-order valence-electron chi connectivity index (χ0n) is 7.34. The number of aldehydes is 1. The summed E-state index contributed by atoms with van der Waals surface area (Å²) in [5.74, 6) is 0.560. The van der Waals surface area contributed by atoms with Crippen molar-refractivity contribution in [2.75, 3.05) is 0 Å². The molecule has 0 spiro atoms. The average Bonchev–Trinajstić information content (AvgIpc) is 2.06. The van der Waals surface area contributed by atoms with Crippen molar-refractivity contribution in [3.05, 3.63) is 12.2 Å². The second-order valence-electron chi connectivity index (χ2n) is 3.92. The quantitative estimate of drug-likeness (QED) is 0.439. The van der Waals surface area contributed by atoms with Crippen LogP contribution in [0.25, 0.3) is 0 Å². The van der Waals surface area contributed by atoms with Gasteiger partial charge in [-0.15, -0.1) is 0 Å². The summed E-state index contributed by atoms with van der Waals surface area (Å²) in [7, 11) is 0. The van der Waals surface area contributed by atoms with Crippen molar-refractivity contribution in [3.63, 3.8) is 0 Å². The van der Waals surface area contributed by atoms with Crippen LogP contribution in [0.5, 0.6) is 0 Å². The summed E-state index contributed by atoms with van der Waals surface area (Å²) in [5.41, 5.74) is -0.120. The highest BCUT2D eigenvalue weighted by atomic mass is 16.1. The van der Waals surface area contributed by atoms with Gasteiger partial charge in [0, 0.05) is 5.41 Å². The summed E-state index contributed by atoms with van der Waals surface area (Å²) in [6, 6.07) is 0. The molecule has 1 aliphatic carbocycles. The molecule has 0 fully saturated rings. The lowest BCUT2D eigenvalue weighted by Gasteiger charge is -2.29. The van der Waals surface area contributed by atoms with Crippen LogP contribution in [-0.2, 0) is 4.79 Å². The standard InChI is InChI=1S/C10H16O/c1-10(2,8-11)9-6-4-3-5-7-9/h3-4,8-9H,5-7H2,1-2H3. The Morgan fingerprint density at radius 3 is 2.64 bits per heavy atom. The molecule has 0 radical (unpaired) electrons. The van der Waals surface area contributed by atoms with E-state index >= 15 is 0 Å². The normalized spacial score (nSPS) is 25.1. The van der Waals surface area contributed by atoms with E-state index in [0.29, 0.717) is 5.92 Å². The Balaban J connectivity index is 2.59. The van der Waals surface area contributed by atoms with Crippen molar-refractivity contribution in [1.29, 1.82) is 0 Å². The molecule has 0 N–H and O–H groups in total. The van der Waals surface area contributed by atoms with Crippen LogP contribution in [0.15, 0.2) is 12.2 Å². The van der Waals surface area contributed by atoms with Crippen LogP contribution in [0, 0.1) is 11.3 Å². The minimum absolute atomic E-state index is 0.120. The van der Waals surface area contributed by atoms with Crippen molar-refractivity contribution in [2.45, 2.75) is 33.1 Å². The largest absolute Gasteiger partial charge is 0.303 e. The fourth-order valence-electron chi connectivity index (χ4n) is 1.57. The molecule has 0 aromatic heterocycles. The molecule has 1 heteroatoms. The predicted molar refractivity (Wildman–Crippen MR) is 46.3 cm³/mol. The van der Waals surface area contributed by atoms with Gasteiger partial charge in [-0.3, -0.25) is 0 Å². The minimum Gasteiger partial charge on any atom is -0.303 e. The smallest absolute Gasteiger partial charge is 0.125 e. The lowest BCUT2D eigenvalue weighted by Crippen LogP contribution is -2.26. The molecule has 1 atom stereocenters. The summed E-state index contributed by atoms with van der Waals surface area (Å²) >= 11 is 0. The number of hydrogen-bond acceptors (Lipinski definition) is 1. The van der Waals surface area contributed by atoms with Crippen LogP contribution in [0.3, 0.4) is 0 Å². The van der Waals surface area contributed by atoms with Crippen molar-refractivity contribution in [3.8, 4) is 0 Å². The third-order valence-electron chi connectivity index (χ3n) is 2.63. The monoisotopic (exact) mass is 152 g/mol. The first-order valence-corrected chi connectivity index (χ1v) is 4.28. The molecule has 0 aromatic rings. The Morgan fingerprint density at radius 1 is 1.45 bits per heavy atom. The van der Waals surface area contributed by atoms with E-state index in [4.69, 9.17) is 0 Å². The minimum atomic E-state index is -0.120. The third-order valence-corrected chi connectivity index (χ3v) is 2.63. The van der Waals surface area contributed by atoms with E-state index in [9.17, 15) is 4.79 Å². The van der Waals surface area contributed by atoms with E-state index in [-0.39, 0.29) is 5.41 Å². The molecule has 11 heavy (non-hydrogen) atoms. The van der Waals surface area contributed by atoms with E-state index in [1.807, 2.05) is 13.8 Å². The van der Waals surface area contributed by atoms with Crippen LogP contribution in [-0.4, -0.2) is 6.29 Å². The van der Waals surface area contributed by atoms with Crippen molar-refractivity contribution >= 4 is 6.29 Å². The van der Waals surface area contributed by atoms with Gasteiger partial charge in [-0.05, 0) is 25.2 Å². The van der Waals surface area contributed by atoms with Crippen LogP contribution < -0.4 is 0 Å². The SMILES string of the molecule is CC(C)(C=O)C1CC=CCC1. The highest BCUT2D eigenvalue weighted by Crippen LogP contribution is 2.33. The number of hydrogen-bond donors (Lipinski definition) is 0. The first kappa shape index (κ1) is 8.51. The predicted octanol–water partition coefficient (Wildman–Crippen LogP) is 2.57. The molecular weight excluding hydrogens is 136 g/mol. The molecular formula is C10H16O. The topological polar surface area (TPSA) is 17.1 Å². The number of rotatable bonds is 2.